The number of nitrogens with one attached hydrogen (secondary N) is 2. The Morgan fingerprint density at radius 3 is 2.05 bits per heavy atom. The highest BCUT2D eigenvalue weighted by Crippen LogP contribution is 2.35. The number of carbonyl (C=O) groups excluding carboxylic acids is 3. The number of carbonyl (C=O) groups is 3. The van der Waals surface area contributed by atoms with Crippen LogP contribution in [0.2, 0.25) is 0 Å². The van der Waals surface area contributed by atoms with Crippen LogP contribution in [0.4, 0.5) is 16.2 Å². The molecule has 2 N–H and O–H groups in total. The fraction of sp³-hybridized carbons (Fsp3) is 0.129. The molecule has 1 heterocycles. The summed E-state index contributed by atoms with van der Waals surface area (Å²) in [7, 11) is 0. The predicted octanol–water partition coefficient (Wildman–Crippen LogP) is 5.95. The number of hydrogen-bond donors (Lipinski definition) is 2. The highest BCUT2D eigenvalue weighted by molar-refractivity contribution is 6.04. The fourth-order valence-electron chi connectivity index (χ4n) is 4.47. The molecule has 0 bridgehead atoms. The molecule has 0 unspecified atom stereocenters. The molecule has 4 aromatic rings. The highest BCUT2D eigenvalue weighted by atomic mass is 16.6. The van der Waals surface area contributed by atoms with Crippen LogP contribution >= 0.6 is 0 Å². The van der Waals surface area contributed by atoms with Crippen molar-refractivity contribution in [1.29, 1.82) is 0 Å². The zero-order valence-electron chi connectivity index (χ0n) is 20.8. The number of rotatable bonds is 7. The lowest BCUT2D eigenvalue weighted by atomic mass is 9.99. The van der Waals surface area contributed by atoms with Crippen molar-refractivity contribution in [3.05, 3.63) is 131 Å². The first kappa shape index (κ1) is 24.8. The normalized spacial score (nSPS) is 16.6. The summed E-state index contributed by atoms with van der Waals surface area (Å²) in [6.45, 7) is 2.20. The molecule has 190 valence electrons. The first-order valence-electron chi connectivity index (χ1n) is 12.3. The number of amides is 3. The van der Waals surface area contributed by atoms with Crippen LogP contribution in [0.3, 0.4) is 0 Å². The third-order valence-electron chi connectivity index (χ3n) is 6.53. The highest BCUT2D eigenvalue weighted by Gasteiger charge is 2.47. The first-order valence-corrected chi connectivity index (χ1v) is 12.3. The van der Waals surface area contributed by atoms with Crippen molar-refractivity contribution in [3.63, 3.8) is 0 Å². The van der Waals surface area contributed by atoms with E-state index in [2.05, 4.69) is 10.6 Å². The van der Waals surface area contributed by atoms with Gasteiger partial charge in [0.2, 0.25) is 0 Å². The number of nitrogens with zero attached hydrogens (tertiary/aromatic N) is 1. The van der Waals surface area contributed by atoms with Crippen molar-refractivity contribution in [1.82, 2.24) is 4.90 Å². The molecule has 5 rings (SSSR count). The number of anilines is 2. The topological polar surface area (TPSA) is 87.7 Å². The molecule has 1 saturated heterocycles. The van der Waals surface area contributed by atoms with Gasteiger partial charge in [0.15, 0.2) is 12.1 Å². The van der Waals surface area contributed by atoms with Crippen molar-refractivity contribution < 1.29 is 19.1 Å². The predicted molar refractivity (Wildman–Crippen MR) is 146 cm³/mol. The maximum Gasteiger partial charge on any atom is 0.411 e. The van der Waals surface area contributed by atoms with E-state index >= 15 is 0 Å². The van der Waals surface area contributed by atoms with Gasteiger partial charge in [0.1, 0.15) is 0 Å². The van der Waals surface area contributed by atoms with E-state index in [0.717, 1.165) is 11.1 Å². The maximum absolute atomic E-state index is 13.6. The Bertz CT molecular complexity index is 1440. The minimum absolute atomic E-state index is 0.227. The largest absolute Gasteiger partial charge is 0.438 e. The van der Waals surface area contributed by atoms with Gasteiger partial charge < -0.3 is 15.4 Å². The number of cyclic esters (lactones) is 1. The molecule has 0 spiro atoms. The smallest absolute Gasteiger partial charge is 0.411 e. The zero-order valence-corrected chi connectivity index (χ0v) is 20.8. The Morgan fingerprint density at radius 2 is 1.37 bits per heavy atom. The molecular formula is C31H27N3O4. The number of ether oxygens (including phenoxy) is 1. The summed E-state index contributed by atoms with van der Waals surface area (Å²) < 4.78 is 5.77. The minimum atomic E-state index is -0.896. The molecular weight excluding hydrogens is 478 g/mol. The average Bonchev–Trinajstić information content (AvgIpc) is 3.27. The van der Waals surface area contributed by atoms with Crippen molar-refractivity contribution in [2.24, 2.45) is 0 Å². The van der Waals surface area contributed by atoms with Gasteiger partial charge >= 0.3 is 6.09 Å². The van der Waals surface area contributed by atoms with Crippen LogP contribution in [0.5, 0.6) is 0 Å². The summed E-state index contributed by atoms with van der Waals surface area (Å²) in [5.41, 5.74) is 4.37. The molecule has 1 aliphatic rings. The van der Waals surface area contributed by atoms with E-state index < -0.39 is 18.2 Å². The van der Waals surface area contributed by atoms with Crippen LogP contribution in [-0.4, -0.2) is 28.8 Å². The lowest BCUT2D eigenvalue weighted by Gasteiger charge is -2.25. The van der Waals surface area contributed by atoms with Gasteiger partial charge in [-0.15, -0.1) is 0 Å². The number of para-hydroxylation sites is 1. The second kappa shape index (κ2) is 11.0. The van der Waals surface area contributed by atoms with Crippen LogP contribution in [-0.2, 0) is 16.1 Å². The summed E-state index contributed by atoms with van der Waals surface area (Å²) in [6.07, 6.45) is -1.39. The molecule has 2 atom stereocenters. The van der Waals surface area contributed by atoms with Gasteiger partial charge in [-0.3, -0.25) is 14.5 Å². The lowest BCUT2D eigenvalue weighted by Crippen LogP contribution is -2.43. The summed E-state index contributed by atoms with van der Waals surface area (Å²) in [5, 5.41) is 5.78. The molecule has 0 aromatic heterocycles. The van der Waals surface area contributed by atoms with Gasteiger partial charge in [-0.1, -0.05) is 72.8 Å². The lowest BCUT2D eigenvalue weighted by molar-refractivity contribution is -0.121. The molecule has 1 aliphatic heterocycles. The molecule has 7 nitrogen and oxygen atoms in total. The molecule has 1 fully saturated rings. The average molecular weight is 506 g/mol. The number of hydrogen-bond acceptors (Lipinski definition) is 4. The van der Waals surface area contributed by atoms with Crippen molar-refractivity contribution in [2.45, 2.75) is 25.6 Å². The molecule has 7 heteroatoms. The second-order valence-corrected chi connectivity index (χ2v) is 9.10. The van der Waals surface area contributed by atoms with Crippen LogP contribution in [0.25, 0.3) is 0 Å². The Kier molecular flexibility index (Phi) is 7.17. The minimum Gasteiger partial charge on any atom is -0.438 e. The molecule has 0 aliphatic carbocycles. The van der Waals surface area contributed by atoms with E-state index in [1.807, 2.05) is 55.5 Å². The van der Waals surface area contributed by atoms with Crippen molar-refractivity contribution >= 4 is 29.3 Å². The van der Waals surface area contributed by atoms with E-state index in [-0.39, 0.29) is 18.4 Å². The van der Waals surface area contributed by atoms with Gasteiger partial charge in [-0.05, 0) is 60.0 Å². The van der Waals surface area contributed by atoms with Gasteiger partial charge in [-0.25, -0.2) is 4.79 Å². The van der Waals surface area contributed by atoms with Crippen LogP contribution in [0.15, 0.2) is 109 Å². The van der Waals surface area contributed by atoms with Gasteiger partial charge in [-0.2, -0.15) is 0 Å². The quantitative estimate of drug-likeness (QED) is 0.325. The maximum atomic E-state index is 13.6. The standard InChI is InChI=1S/C31H27N3O4/c1-21-10-8-9-13-24(21)20-34-27(30(36)33-25-14-6-3-7-15-25)28(38-31(34)37)22-16-18-26(19-17-22)32-29(35)23-11-4-2-5-12-23/h2-19,27-28H,20H2,1H3,(H,32,35)(H,33,36)/t27-,28-/m1/s1. The Balaban J connectivity index is 1.40. The SMILES string of the molecule is Cc1ccccc1CN1C(=O)O[C@H](c2ccc(NC(=O)c3ccccc3)cc2)[C@@H]1C(=O)Nc1ccccc1. The summed E-state index contributed by atoms with van der Waals surface area (Å²) in [4.78, 5) is 40.6. The fourth-order valence-corrected chi connectivity index (χ4v) is 4.47. The Labute approximate surface area is 221 Å². The van der Waals surface area contributed by atoms with Gasteiger partial charge in [0.25, 0.3) is 11.8 Å². The third-order valence-corrected chi connectivity index (χ3v) is 6.53. The Morgan fingerprint density at radius 1 is 0.763 bits per heavy atom. The summed E-state index contributed by atoms with van der Waals surface area (Å²) >= 11 is 0. The van der Waals surface area contributed by atoms with Gasteiger partial charge in [0.05, 0.1) is 6.54 Å². The van der Waals surface area contributed by atoms with Crippen LogP contribution < -0.4 is 10.6 Å². The second-order valence-electron chi connectivity index (χ2n) is 9.10. The number of aryl methyl sites for hydroxylation is 1. The van der Waals surface area contributed by atoms with Crippen molar-refractivity contribution in [3.8, 4) is 0 Å². The summed E-state index contributed by atoms with van der Waals surface area (Å²) in [6, 6.07) is 31.9. The van der Waals surface area contributed by atoms with E-state index in [9.17, 15) is 14.4 Å². The molecule has 0 radical (unpaired) electrons. The van der Waals surface area contributed by atoms with E-state index in [0.29, 0.717) is 22.5 Å². The third kappa shape index (κ3) is 5.42. The van der Waals surface area contributed by atoms with Gasteiger partial charge in [0, 0.05) is 16.9 Å². The van der Waals surface area contributed by atoms with E-state index in [4.69, 9.17) is 4.74 Å². The molecule has 4 aromatic carbocycles. The molecule has 0 saturated carbocycles. The zero-order chi connectivity index (χ0) is 26.5. The van der Waals surface area contributed by atoms with Crippen LogP contribution in [0, 0.1) is 6.92 Å². The Hall–Kier alpha value is -4.91. The van der Waals surface area contributed by atoms with E-state index in [1.54, 1.807) is 60.7 Å². The molecule has 38 heavy (non-hydrogen) atoms. The summed E-state index contributed by atoms with van der Waals surface area (Å²) in [5.74, 6) is -0.572. The van der Waals surface area contributed by atoms with Crippen LogP contribution in [0.1, 0.15) is 33.2 Å². The number of benzene rings is 4. The monoisotopic (exact) mass is 505 g/mol. The van der Waals surface area contributed by atoms with E-state index in [1.165, 1.54) is 4.90 Å². The first-order chi connectivity index (χ1) is 18.5. The molecule has 3 amide bonds. The van der Waals surface area contributed by atoms with Crippen molar-refractivity contribution in [2.75, 3.05) is 10.6 Å².